The van der Waals surface area contributed by atoms with E-state index in [4.69, 9.17) is 9.84 Å². The number of aryl methyl sites for hydroxylation is 2. The number of ether oxygens (including phenoxy) is 1. The highest BCUT2D eigenvalue weighted by Gasteiger charge is 2.15. The molecular formula is C15H21NO4S. The van der Waals surface area contributed by atoms with Crippen LogP contribution in [0.2, 0.25) is 0 Å². The van der Waals surface area contributed by atoms with Gasteiger partial charge in [0, 0.05) is 11.4 Å². The summed E-state index contributed by atoms with van der Waals surface area (Å²) >= 11 is 1.59. The summed E-state index contributed by atoms with van der Waals surface area (Å²) in [7, 11) is 0. The predicted octanol–water partition coefficient (Wildman–Crippen LogP) is 2.24. The second-order valence-electron chi connectivity index (χ2n) is 5.18. The molecule has 0 fully saturated rings. The summed E-state index contributed by atoms with van der Waals surface area (Å²) in [6, 6.07) is 2.01. The Bertz CT molecular complexity index is 472. The lowest BCUT2D eigenvalue weighted by Gasteiger charge is -2.07. The van der Waals surface area contributed by atoms with E-state index in [0.717, 1.165) is 17.7 Å². The molecule has 0 saturated heterocycles. The van der Waals surface area contributed by atoms with Crippen LogP contribution < -0.4 is 5.32 Å². The summed E-state index contributed by atoms with van der Waals surface area (Å²) in [5.41, 5.74) is 1.33. The third-order valence-electron chi connectivity index (χ3n) is 3.48. The number of carbonyl (C=O) groups is 2. The van der Waals surface area contributed by atoms with E-state index in [0.29, 0.717) is 6.54 Å². The lowest BCUT2D eigenvalue weighted by atomic mass is 10.00. The summed E-state index contributed by atoms with van der Waals surface area (Å²) in [5.74, 6) is -1.09. The number of rotatable bonds is 6. The fraction of sp³-hybridized carbons (Fsp3) is 0.600. The van der Waals surface area contributed by atoms with Gasteiger partial charge in [-0.3, -0.25) is 4.79 Å². The SMILES string of the molecule is O=C(O)COCCNC(=O)c1cc2c(s1)CCCCCC2. The van der Waals surface area contributed by atoms with Gasteiger partial charge in [-0.1, -0.05) is 12.8 Å². The van der Waals surface area contributed by atoms with E-state index in [-0.39, 0.29) is 19.1 Å². The molecule has 5 nitrogen and oxygen atoms in total. The first-order chi connectivity index (χ1) is 10.2. The smallest absolute Gasteiger partial charge is 0.329 e. The van der Waals surface area contributed by atoms with Crippen LogP contribution >= 0.6 is 11.3 Å². The van der Waals surface area contributed by atoms with Gasteiger partial charge in [-0.25, -0.2) is 4.79 Å². The van der Waals surface area contributed by atoms with Crippen LogP contribution in [0.3, 0.4) is 0 Å². The van der Waals surface area contributed by atoms with Crippen LogP contribution in [-0.4, -0.2) is 36.7 Å². The molecule has 1 aromatic heterocycles. The molecule has 21 heavy (non-hydrogen) atoms. The van der Waals surface area contributed by atoms with Crippen molar-refractivity contribution in [2.24, 2.45) is 0 Å². The van der Waals surface area contributed by atoms with E-state index in [1.807, 2.05) is 6.07 Å². The Morgan fingerprint density at radius 3 is 2.76 bits per heavy atom. The van der Waals surface area contributed by atoms with E-state index < -0.39 is 5.97 Å². The average Bonchev–Trinajstić information content (AvgIpc) is 2.80. The number of amides is 1. The number of fused-ring (bicyclic) bond motifs is 1. The molecule has 2 rings (SSSR count). The van der Waals surface area contributed by atoms with Crippen molar-refractivity contribution >= 4 is 23.2 Å². The van der Waals surface area contributed by atoms with Crippen LogP contribution in [0.4, 0.5) is 0 Å². The van der Waals surface area contributed by atoms with Crippen molar-refractivity contribution in [2.45, 2.75) is 38.5 Å². The van der Waals surface area contributed by atoms with Crippen molar-refractivity contribution in [1.82, 2.24) is 5.32 Å². The molecule has 6 heteroatoms. The number of hydrogen-bond donors (Lipinski definition) is 2. The Kier molecular flexibility index (Phi) is 6.20. The van der Waals surface area contributed by atoms with Crippen molar-refractivity contribution in [3.63, 3.8) is 0 Å². The van der Waals surface area contributed by atoms with Gasteiger partial charge in [0.15, 0.2) is 0 Å². The predicted molar refractivity (Wildman–Crippen MR) is 81.0 cm³/mol. The lowest BCUT2D eigenvalue weighted by molar-refractivity contribution is -0.142. The molecule has 116 valence electrons. The molecule has 1 aliphatic rings. The summed E-state index contributed by atoms with van der Waals surface area (Å²) in [5, 5.41) is 11.2. The zero-order valence-electron chi connectivity index (χ0n) is 12.0. The summed E-state index contributed by atoms with van der Waals surface area (Å²) in [4.78, 5) is 24.4. The maximum absolute atomic E-state index is 12.1. The van der Waals surface area contributed by atoms with E-state index in [1.165, 1.54) is 36.1 Å². The quantitative estimate of drug-likeness (QED) is 0.790. The van der Waals surface area contributed by atoms with Crippen LogP contribution in [0.1, 0.15) is 45.8 Å². The molecular weight excluding hydrogens is 290 g/mol. The largest absolute Gasteiger partial charge is 0.480 e. The van der Waals surface area contributed by atoms with Gasteiger partial charge in [0.25, 0.3) is 5.91 Å². The van der Waals surface area contributed by atoms with E-state index in [1.54, 1.807) is 11.3 Å². The highest BCUT2D eigenvalue weighted by molar-refractivity contribution is 7.14. The summed E-state index contributed by atoms with van der Waals surface area (Å²) < 4.78 is 4.88. The highest BCUT2D eigenvalue weighted by atomic mass is 32.1. The van der Waals surface area contributed by atoms with Gasteiger partial charge in [0.1, 0.15) is 6.61 Å². The van der Waals surface area contributed by atoms with Crippen molar-refractivity contribution in [1.29, 1.82) is 0 Å². The normalized spacial score (nSPS) is 14.9. The fourth-order valence-electron chi connectivity index (χ4n) is 2.44. The highest BCUT2D eigenvalue weighted by Crippen LogP contribution is 2.28. The van der Waals surface area contributed by atoms with Crippen LogP contribution in [0, 0.1) is 0 Å². The summed E-state index contributed by atoms with van der Waals surface area (Å²) in [6.45, 7) is 0.209. The molecule has 0 aromatic carbocycles. The topological polar surface area (TPSA) is 75.6 Å². The lowest BCUT2D eigenvalue weighted by Crippen LogP contribution is -2.27. The Morgan fingerprint density at radius 1 is 1.24 bits per heavy atom. The first-order valence-corrected chi connectivity index (χ1v) is 8.18. The third kappa shape index (κ3) is 5.13. The molecule has 0 unspecified atom stereocenters. The van der Waals surface area contributed by atoms with Gasteiger partial charge >= 0.3 is 5.97 Å². The number of nitrogens with one attached hydrogen (secondary N) is 1. The molecule has 1 aliphatic carbocycles. The number of aliphatic carboxylic acids is 1. The first kappa shape index (κ1) is 16.0. The maximum atomic E-state index is 12.1. The second-order valence-corrected chi connectivity index (χ2v) is 6.31. The molecule has 0 saturated carbocycles. The molecule has 0 atom stereocenters. The Morgan fingerprint density at radius 2 is 2.00 bits per heavy atom. The number of carboxylic acid groups (broad SMARTS) is 1. The molecule has 0 aliphatic heterocycles. The molecule has 1 heterocycles. The van der Waals surface area contributed by atoms with Gasteiger partial charge in [0.2, 0.25) is 0 Å². The Labute approximate surface area is 128 Å². The second kappa shape index (κ2) is 8.14. The maximum Gasteiger partial charge on any atom is 0.329 e. The van der Waals surface area contributed by atoms with Gasteiger partial charge < -0.3 is 15.2 Å². The van der Waals surface area contributed by atoms with E-state index in [9.17, 15) is 9.59 Å². The van der Waals surface area contributed by atoms with Crippen molar-refractivity contribution in [3.8, 4) is 0 Å². The third-order valence-corrected chi connectivity index (χ3v) is 4.71. The number of hydrogen-bond acceptors (Lipinski definition) is 4. The molecule has 1 aromatic rings. The monoisotopic (exact) mass is 311 g/mol. The van der Waals surface area contributed by atoms with E-state index >= 15 is 0 Å². The van der Waals surface area contributed by atoms with Gasteiger partial charge in [-0.15, -0.1) is 11.3 Å². The zero-order chi connectivity index (χ0) is 15.1. The standard InChI is InChI=1S/C15H21NO4S/c17-14(18)10-20-8-7-16-15(19)13-9-11-5-3-1-2-4-6-12(11)21-13/h9H,1-8,10H2,(H,16,19)(H,17,18). The van der Waals surface area contributed by atoms with Crippen LogP contribution in [0.25, 0.3) is 0 Å². The molecule has 1 amide bonds. The Hall–Kier alpha value is -1.40. The minimum atomic E-state index is -1.00. The zero-order valence-corrected chi connectivity index (χ0v) is 12.8. The van der Waals surface area contributed by atoms with Gasteiger partial charge in [-0.05, 0) is 37.3 Å². The number of carbonyl (C=O) groups excluding carboxylic acids is 1. The Balaban J connectivity index is 1.82. The van der Waals surface area contributed by atoms with Crippen LogP contribution in [-0.2, 0) is 22.4 Å². The average molecular weight is 311 g/mol. The van der Waals surface area contributed by atoms with Gasteiger partial charge in [0.05, 0.1) is 11.5 Å². The fourth-order valence-corrected chi connectivity index (χ4v) is 3.61. The van der Waals surface area contributed by atoms with Crippen LogP contribution in [0.5, 0.6) is 0 Å². The first-order valence-electron chi connectivity index (χ1n) is 7.36. The molecule has 0 radical (unpaired) electrons. The van der Waals surface area contributed by atoms with Crippen molar-refractivity contribution in [3.05, 3.63) is 21.4 Å². The van der Waals surface area contributed by atoms with Crippen molar-refractivity contribution < 1.29 is 19.4 Å². The number of carboxylic acids is 1. The summed E-state index contributed by atoms with van der Waals surface area (Å²) in [6.07, 6.45) is 7.11. The molecule has 2 N–H and O–H groups in total. The molecule has 0 spiro atoms. The van der Waals surface area contributed by atoms with E-state index in [2.05, 4.69) is 5.32 Å². The minimum Gasteiger partial charge on any atom is -0.480 e. The van der Waals surface area contributed by atoms with Crippen LogP contribution in [0.15, 0.2) is 6.07 Å². The van der Waals surface area contributed by atoms with Crippen molar-refractivity contribution in [2.75, 3.05) is 19.8 Å². The number of thiophene rings is 1. The minimum absolute atomic E-state index is 0.0920. The molecule has 0 bridgehead atoms. The van der Waals surface area contributed by atoms with Gasteiger partial charge in [-0.2, -0.15) is 0 Å².